The summed E-state index contributed by atoms with van der Waals surface area (Å²) in [6.45, 7) is 4.36. The molecule has 2 fully saturated rings. The number of nitrogens with zero attached hydrogens (tertiary/aromatic N) is 1. The Morgan fingerprint density at radius 2 is 1.87 bits per heavy atom. The van der Waals surface area contributed by atoms with Gasteiger partial charge in [-0.05, 0) is 44.0 Å². The Balaban J connectivity index is 0. The van der Waals surface area contributed by atoms with Crippen molar-refractivity contribution in [3.63, 3.8) is 0 Å². The van der Waals surface area contributed by atoms with Crippen molar-refractivity contribution >= 4 is 55.4 Å². The molecule has 0 bridgehead atoms. The summed E-state index contributed by atoms with van der Waals surface area (Å²) in [7, 11) is 0. The Kier molecular flexibility index (Phi) is 13.6. The van der Waals surface area contributed by atoms with Crippen LogP contribution >= 0.6 is 49.6 Å². The fourth-order valence-corrected chi connectivity index (χ4v) is 3.12. The first-order chi connectivity index (χ1) is 9.31. The van der Waals surface area contributed by atoms with Gasteiger partial charge >= 0.3 is 0 Å². The van der Waals surface area contributed by atoms with E-state index in [2.05, 4.69) is 27.0 Å². The van der Waals surface area contributed by atoms with Gasteiger partial charge in [0, 0.05) is 30.9 Å². The summed E-state index contributed by atoms with van der Waals surface area (Å²) < 4.78 is 0. The molecule has 0 aliphatic carbocycles. The summed E-state index contributed by atoms with van der Waals surface area (Å²) in [6, 6.07) is 7.08. The number of halogens is 4. The molecule has 0 radical (unpaired) electrons. The number of anilines is 1. The van der Waals surface area contributed by atoms with E-state index < -0.39 is 0 Å². The van der Waals surface area contributed by atoms with E-state index >= 15 is 0 Å². The predicted molar refractivity (Wildman–Crippen MR) is 106 cm³/mol. The van der Waals surface area contributed by atoms with E-state index in [-0.39, 0.29) is 49.6 Å². The lowest BCUT2D eigenvalue weighted by Crippen LogP contribution is -2.44. The van der Waals surface area contributed by atoms with Crippen LogP contribution in [0, 0.1) is 5.92 Å². The van der Waals surface area contributed by atoms with Crippen LogP contribution in [0.15, 0.2) is 18.2 Å². The van der Waals surface area contributed by atoms with Gasteiger partial charge in [0.15, 0.2) is 0 Å². The number of hydrogen-bond donors (Lipinski definition) is 4. The molecule has 9 heteroatoms. The van der Waals surface area contributed by atoms with Gasteiger partial charge in [-0.15, -0.1) is 49.6 Å². The summed E-state index contributed by atoms with van der Waals surface area (Å²) in [5.41, 5.74) is 6.85. The molecule has 0 saturated carbocycles. The lowest BCUT2D eigenvalue weighted by Gasteiger charge is -2.23. The van der Waals surface area contributed by atoms with Crippen LogP contribution in [0.25, 0.3) is 0 Å². The maximum atomic E-state index is 5.75. The van der Waals surface area contributed by atoms with Crippen LogP contribution in [0.4, 0.5) is 5.82 Å². The standard InChI is InChI=1S/C14H23N5.4ClH/c15-14-3-1-2-11(19-14)6-10-7-17-9-13(10)18-12-4-5-16-8-12;;;;/h1-3,10,12-13,16-18H,4-9H2,(H2,15,19);4*1H/t10-,12+,13-;;;;/m0..../s1. The summed E-state index contributed by atoms with van der Waals surface area (Å²) in [5.74, 6) is 1.22. The number of nitrogens with two attached hydrogens (primary N) is 1. The van der Waals surface area contributed by atoms with Crippen molar-refractivity contribution in [2.75, 3.05) is 31.9 Å². The Morgan fingerprint density at radius 3 is 2.52 bits per heavy atom. The van der Waals surface area contributed by atoms with E-state index in [1.807, 2.05) is 12.1 Å². The van der Waals surface area contributed by atoms with Crippen LogP contribution in [-0.4, -0.2) is 43.2 Å². The lowest BCUT2D eigenvalue weighted by atomic mass is 9.96. The van der Waals surface area contributed by atoms with Gasteiger partial charge in [-0.2, -0.15) is 0 Å². The topological polar surface area (TPSA) is 75.0 Å². The zero-order valence-electron chi connectivity index (χ0n) is 12.9. The third kappa shape index (κ3) is 7.18. The maximum Gasteiger partial charge on any atom is 0.123 e. The monoisotopic (exact) mass is 405 g/mol. The second-order valence-electron chi connectivity index (χ2n) is 5.64. The third-order valence-corrected chi connectivity index (χ3v) is 4.15. The molecule has 1 aromatic heterocycles. The Bertz CT molecular complexity index is 431. The van der Waals surface area contributed by atoms with Crippen molar-refractivity contribution in [2.24, 2.45) is 5.92 Å². The van der Waals surface area contributed by atoms with E-state index in [9.17, 15) is 0 Å². The summed E-state index contributed by atoms with van der Waals surface area (Å²) in [6.07, 6.45) is 2.23. The van der Waals surface area contributed by atoms with Gasteiger partial charge in [-0.1, -0.05) is 6.07 Å². The molecule has 2 aliphatic rings. The number of nitrogen functional groups attached to an aromatic ring is 1. The quantitative estimate of drug-likeness (QED) is 0.608. The SMILES string of the molecule is Cl.Cl.Cl.Cl.Nc1cccc(C[C@H]2CNC[C@@H]2N[C@@H]2CCNC2)n1. The molecular formula is C14H27Cl4N5. The van der Waals surface area contributed by atoms with E-state index in [0.29, 0.717) is 23.8 Å². The summed E-state index contributed by atoms with van der Waals surface area (Å²) in [5, 5.41) is 10.7. The normalized spacial score (nSPS) is 25.5. The number of hydrogen-bond acceptors (Lipinski definition) is 5. The van der Waals surface area contributed by atoms with E-state index in [0.717, 1.165) is 38.3 Å². The average molecular weight is 407 g/mol. The van der Waals surface area contributed by atoms with Crippen LogP contribution in [0.1, 0.15) is 12.1 Å². The van der Waals surface area contributed by atoms with Crippen molar-refractivity contribution in [1.29, 1.82) is 0 Å². The molecule has 3 heterocycles. The van der Waals surface area contributed by atoms with Crippen molar-refractivity contribution in [3.8, 4) is 0 Å². The molecule has 2 aliphatic heterocycles. The second-order valence-corrected chi connectivity index (χ2v) is 5.64. The lowest BCUT2D eigenvalue weighted by molar-refractivity contribution is 0.381. The highest BCUT2D eigenvalue weighted by Gasteiger charge is 2.30. The van der Waals surface area contributed by atoms with Gasteiger partial charge < -0.3 is 21.7 Å². The first-order valence-corrected chi connectivity index (χ1v) is 7.20. The Morgan fingerprint density at radius 1 is 1.09 bits per heavy atom. The molecule has 3 atom stereocenters. The predicted octanol–water partition coefficient (Wildman–Crippen LogP) is 1.43. The minimum absolute atomic E-state index is 0. The van der Waals surface area contributed by atoms with Crippen LogP contribution < -0.4 is 21.7 Å². The van der Waals surface area contributed by atoms with Gasteiger partial charge in [0.05, 0.1) is 0 Å². The van der Waals surface area contributed by atoms with Gasteiger partial charge in [0.25, 0.3) is 0 Å². The molecule has 0 spiro atoms. The number of rotatable bonds is 4. The molecule has 0 amide bonds. The van der Waals surface area contributed by atoms with Crippen molar-refractivity contribution in [2.45, 2.75) is 24.9 Å². The van der Waals surface area contributed by atoms with Gasteiger partial charge in [-0.25, -0.2) is 4.98 Å². The number of aromatic nitrogens is 1. The van der Waals surface area contributed by atoms with E-state index in [1.54, 1.807) is 0 Å². The molecule has 5 nitrogen and oxygen atoms in total. The summed E-state index contributed by atoms with van der Waals surface area (Å²) in [4.78, 5) is 4.41. The largest absolute Gasteiger partial charge is 0.384 e. The Labute approximate surface area is 163 Å². The van der Waals surface area contributed by atoms with Crippen LogP contribution in [0.2, 0.25) is 0 Å². The molecule has 136 valence electrons. The Hall–Kier alpha value is -0.0100. The molecular weight excluding hydrogens is 380 g/mol. The summed E-state index contributed by atoms with van der Waals surface area (Å²) >= 11 is 0. The fraction of sp³-hybridized carbons (Fsp3) is 0.643. The highest BCUT2D eigenvalue weighted by molar-refractivity contribution is 5.86. The first kappa shape index (κ1) is 25.2. The molecule has 1 aromatic rings. The molecule has 0 unspecified atom stereocenters. The maximum absolute atomic E-state index is 5.75. The van der Waals surface area contributed by atoms with Crippen molar-refractivity contribution in [3.05, 3.63) is 23.9 Å². The van der Waals surface area contributed by atoms with Crippen LogP contribution in [0.5, 0.6) is 0 Å². The first-order valence-electron chi connectivity index (χ1n) is 7.20. The highest BCUT2D eigenvalue weighted by atomic mass is 35.5. The molecule has 3 rings (SSSR count). The molecule has 2 saturated heterocycles. The van der Waals surface area contributed by atoms with E-state index in [1.165, 1.54) is 6.42 Å². The third-order valence-electron chi connectivity index (χ3n) is 4.15. The van der Waals surface area contributed by atoms with Crippen LogP contribution in [0.3, 0.4) is 0 Å². The van der Waals surface area contributed by atoms with E-state index in [4.69, 9.17) is 5.73 Å². The smallest absolute Gasteiger partial charge is 0.123 e. The number of nitrogens with one attached hydrogen (secondary N) is 3. The minimum Gasteiger partial charge on any atom is -0.384 e. The fourth-order valence-electron chi connectivity index (χ4n) is 3.12. The van der Waals surface area contributed by atoms with Crippen molar-refractivity contribution < 1.29 is 0 Å². The zero-order valence-corrected chi connectivity index (χ0v) is 16.1. The highest BCUT2D eigenvalue weighted by Crippen LogP contribution is 2.17. The molecule has 5 N–H and O–H groups in total. The zero-order chi connectivity index (χ0) is 13.1. The van der Waals surface area contributed by atoms with Gasteiger partial charge in [-0.3, -0.25) is 0 Å². The van der Waals surface area contributed by atoms with Gasteiger partial charge in [0.2, 0.25) is 0 Å². The second kappa shape index (κ2) is 12.4. The van der Waals surface area contributed by atoms with Gasteiger partial charge in [0.1, 0.15) is 5.82 Å². The van der Waals surface area contributed by atoms with Crippen molar-refractivity contribution in [1.82, 2.24) is 20.9 Å². The molecule has 23 heavy (non-hydrogen) atoms. The molecule has 0 aromatic carbocycles. The number of pyridine rings is 1. The minimum atomic E-state index is 0. The van der Waals surface area contributed by atoms with Crippen LogP contribution in [-0.2, 0) is 6.42 Å². The average Bonchev–Trinajstić information content (AvgIpc) is 3.03.